The van der Waals surface area contributed by atoms with Crippen LogP contribution < -0.4 is 10.1 Å². The molecular weight excluding hydrogens is 238 g/mol. The summed E-state index contributed by atoms with van der Waals surface area (Å²) in [6, 6.07) is 6.94. The molecule has 102 valence electrons. The van der Waals surface area contributed by atoms with Crippen LogP contribution in [-0.2, 0) is 0 Å². The van der Waals surface area contributed by atoms with Crippen molar-refractivity contribution in [1.29, 1.82) is 0 Å². The molecule has 0 amide bonds. The van der Waals surface area contributed by atoms with E-state index in [1.807, 2.05) is 25.1 Å². The Morgan fingerprint density at radius 3 is 2.58 bits per heavy atom. The maximum atomic E-state index is 12.7. The second-order valence-corrected chi connectivity index (χ2v) is 5.87. The van der Waals surface area contributed by atoms with E-state index in [0.29, 0.717) is 17.8 Å². The molecule has 2 aliphatic heterocycles. The van der Waals surface area contributed by atoms with E-state index < -0.39 is 0 Å². The van der Waals surface area contributed by atoms with E-state index in [1.54, 1.807) is 7.11 Å². The monoisotopic (exact) mass is 259 g/mol. The van der Waals surface area contributed by atoms with Gasteiger partial charge in [0.1, 0.15) is 5.75 Å². The zero-order valence-electron chi connectivity index (χ0n) is 11.6. The summed E-state index contributed by atoms with van der Waals surface area (Å²) in [6.45, 7) is 2.02. The van der Waals surface area contributed by atoms with Crippen LogP contribution in [0, 0.1) is 12.8 Å². The Kier molecular flexibility index (Phi) is 3.31. The van der Waals surface area contributed by atoms with Crippen LogP contribution in [0.25, 0.3) is 0 Å². The second-order valence-electron chi connectivity index (χ2n) is 5.87. The van der Waals surface area contributed by atoms with Gasteiger partial charge in [-0.3, -0.25) is 4.79 Å². The molecule has 2 bridgehead atoms. The Morgan fingerprint density at radius 1 is 1.26 bits per heavy atom. The van der Waals surface area contributed by atoms with Crippen molar-refractivity contribution in [3.63, 3.8) is 0 Å². The predicted molar refractivity (Wildman–Crippen MR) is 74.7 cm³/mol. The molecule has 1 aromatic rings. The van der Waals surface area contributed by atoms with Gasteiger partial charge in [0.2, 0.25) is 0 Å². The Labute approximate surface area is 114 Å². The summed E-state index contributed by atoms with van der Waals surface area (Å²) in [5, 5.41) is 3.58. The molecule has 19 heavy (non-hydrogen) atoms. The average molecular weight is 259 g/mol. The smallest absolute Gasteiger partial charge is 0.169 e. The summed E-state index contributed by atoms with van der Waals surface area (Å²) in [7, 11) is 1.63. The van der Waals surface area contributed by atoms with Crippen LogP contribution in [0.5, 0.6) is 5.75 Å². The number of rotatable bonds is 3. The molecule has 2 saturated heterocycles. The van der Waals surface area contributed by atoms with Crippen LogP contribution in [0.2, 0.25) is 0 Å². The van der Waals surface area contributed by atoms with E-state index in [-0.39, 0.29) is 11.7 Å². The number of carbonyl (C=O) groups is 1. The summed E-state index contributed by atoms with van der Waals surface area (Å²) in [5.74, 6) is 1.13. The van der Waals surface area contributed by atoms with Gasteiger partial charge in [-0.05, 0) is 44.7 Å². The number of ether oxygens (including phenoxy) is 1. The minimum absolute atomic E-state index is 0.162. The first kappa shape index (κ1) is 12.7. The Bertz CT molecular complexity index is 486. The van der Waals surface area contributed by atoms with Gasteiger partial charge >= 0.3 is 0 Å². The largest absolute Gasteiger partial charge is 0.496 e. The van der Waals surface area contributed by atoms with Gasteiger partial charge in [0.05, 0.1) is 12.7 Å². The normalized spacial score (nSPS) is 29.3. The summed E-state index contributed by atoms with van der Waals surface area (Å²) < 4.78 is 5.35. The zero-order chi connectivity index (χ0) is 13.4. The van der Waals surface area contributed by atoms with Crippen molar-refractivity contribution in [2.45, 2.75) is 44.7 Å². The third-order valence-electron chi connectivity index (χ3n) is 4.46. The lowest BCUT2D eigenvalue weighted by molar-refractivity contribution is 0.0872. The molecular formula is C16H21NO2. The van der Waals surface area contributed by atoms with E-state index in [9.17, 15) is 4.79 Å². The van der Waals surface area contributed by atoms with E-state index in [1.165, 1.54) is 12.8 Å². The molecule has 2 unspecified atom stereocenters. The second kappa shape index (κ2) is 4.97. The number of benzene rings is 1. The number of nitrogens with one attached hydrogen (secondary N) is 1. The molecule has 3 rings (SSSR count). The maximum absolute atomic E-state index is 12.7. The molecule has 1 N–H and O–H groups in total. The highest BCUT2D eigenvalue weighted by atomic mass is 16.5. The van der Waals surface area contributed by atoms with Gasteiger partial charge in [0.25, 0.3) is 0 Å². The van der Waals surface area contributed by atoms with E-state index in [4.69, 9.17) is 4.74 Å². The number of carbonyl (C=O) groups excluding carboxylic acids is 1. The minimum atomic E-state index is 0.162. The highest BCUT2D eigenvalue weighted by molar-refractivity contribution is 6.00. The highest BCUT2D eigenvalue weighted by Gasteiger charge is 2.37. The lowest BCUT2D eigenvalue weighted by Gasteiger charge is -2.28. The first-order valence-corrected chi connectivity index (χ1v) is 7.12. The molecule has 2 heterocycles. The van der Waals surface area contributed by atoms with Gasteiger partial charge in [-0.25, -0.2) is 0 Å². The Hall–Kier alpha value is -1.35. The number of hydrogen-bond donors (Lipinski definition) is 1. The molecule has 0 aromatic heterocycles. The first-order chi connectivity index (χ1) is 9.17. The van der Waals surface area contributed by atoms with Crippen LogP contribution in [-0.4, -0.2) is 25.0 Å². The molecule has 1 aromatic carbocycles. The standard InChI is InChI=1S/C16H21NO2/c1-10-3-6-15(19-2)14(7-10)16(18)11-8-12-4-5-13(9-11)17-12/h3,6-7,11-13,17H,4-5,8-9H2,1-2H3. The van der Waals surface area contributed by atoms with Crippen molar-refractivity contribution in [1.82, 2.24) is 5.32 Å². The molecule has 0 spiro atoms. The zero-order valence-corrected chi connectivity index (χ0v) is 11.6. The van der Waals surface area contributed by atoms with Crippen molar-refractivity contribution in [3.8, 4) is 5.75 Å². The first-order valence-electron chi connectivity index (χ1n) is 7.12. The van der Waals surface area contributed by atoms with Crippen molar-refractivity contribution in [2.75, 3.05) is 7.11 Å². The lowest BCUT2D eigenvalue weighted by Crippen LogP contribution is -2.40. The SMILES string of the molecule is COc1ccc(C)cc1C(=O)C1CC2CCC(C1)N2. The number of fused-ring (bicyclic) bond motifs is 2. The quantitative estimate of drug-likeness (QED) is 0.848. The fourth-order valence-corrected chi connectivity index (χ4v) is 3.51. The molecule has 2 atom stereocenters. The summed E-state index contributed by atoms with van der Waals surface area (Å²) in [4.78, 5) is 12.7. The molecule has 2 fully saturated rings. The van der Waals surface area contributed by atoms with E-state index >= 15 is 0 Å². The van der Waals surface area contributed by atoms with Crippen LogP contribution in [0.3, 0.4) is 0 Å². The average Bonchev–Trinajstić information content (AvgIpc) is 2.76. The summed E-state index contributed by atoms with van der Waals surface area (Å²) in [5.41, 5.74) is 1.87. The van der Waals surface area contributed by atoms with Crippen molar-refractivity contribution in [2.24, 2.45) is 5.92 Å². The number of aryl methyl sites for hydroxylation is 1. The van der Waals surface area contributed by atoms with E-state index in [0.717, 1.165) is 24.0 Å². The molecule has 0 saturated carbocycles. The van der Waals surface area contributed by atoms with Crippen LogP contribution >= 0.6 is 0 Å². The maximum Gasteiger partial charge on any atom is 0.169 e. The number of ketones is 1. The van der Waals surface area contributed by atoms with Crippen LogP contribution in [0.4, 0.5) is 0 Å². The molecule has 3 nitrogen and oxygen atoms in total. The van der Waals surface area contributed by atoms with Crippen molar-refractivity contribution >= 4 is 5.78 Å². The number of piperidine rings is 1. The van der Waals surface area contributed by atoms with Crippen molar-refractivity contribution in [3.05, 3.63) is 29.3 Å². The Morgan fingerprint density at radius 2 is 1.95 bits per heavy atom. The van der Waals surface area contributed by atoms with Gasteiger partial charge in [0.15, 0.2) is 5.78 Å². The number of hydrogen-bond acceptors (Lipinski definition) is 3. The number of Topliss-reactive ketones (excluding diaryl/α,β-unsaturated/α-hetero) is 1. The fraction of sp³-hybridized carbons (Fsp3) is 0.562. The minimum Gasteiger partial charge on any atom is -0.496 e. The van der Waals surface area contributed by atoms with Gasteiger partial charge in [-0.15, -0.1) is 0 Å². The summed E-state index contributed by atoms with van der Waals surface area (Å²) >= 11 is 0. The molecule has 0 radical (unpaired) electrons. The topological polar surface area (TPSA) is 38.3 Å². The van der Waals surface area contributed by atoms with Gasteiger partial charge < -0.3 is 10.1 Å². The van der Waals surface area contributed by atoms with E-state index in [2.05, 4.69) is 5.32 Å². The third-order valence-corrected chi connectivity index (χ3v) is 4.46. The predicted octanol–water partition coefficient (Wildman–Crippen LogP) is 2.72. The fourth-order valence-electron chi connectivity index (χ4n) is 3.51. The molecule has 3 heteroatoms. The lowest BCUT2D eigenvalue weighted by atomic mass is 9.85. The summed E-state index contributed by atoms with van der Waals surface area (Å²) in [6.07, 6.45) is 4.40. The third kappa shape index (κ3) is 2.39. The Balaban J connectivity index is 1.85. The van der Waals surface area contributed by atoms with Crippen LogP contribution in [0.15, 0.2) is 18.2 Å². The van der Waals surface area contributed by atoms with Crippen molar-refractivity contribution < 1.29 is 9.53 Å². The molecule has 2 aliphatic rings. The van der Waals surface area contributed by atoms with Gasteiger partial charge in [-0.1, -0.05) is 11.6 Å². The highest BCUT2D eigenvalue weighted by Crippen LogP contribution is 2.34. The number of methoxy groups -OCH3 is 1. The molecule has 0 aliphatic carbocycles. The van der Waals surface area contributed by atoms with Crippen LogP contribution in [0.1, 0.15) is 41.6 Å². The van der Waals surface area contributed by atoms with Gasteiger partial charge in [-0.2, -0.15) is 0 Å². The van der Waals surface area contributed by atoms with Gasteiger partial charge in [0, 0.05) is 18.0 Å².